The minimum absolute atomic E-state index is 0.219. The van der Waals surface area contributed by atoms with Gasteiger partial charge in [-0.15, -0.1) is 0 Å². The van der Waals surface area contributed by atoms with Crippen molar-refractivity contribution in [3.8, 4) is 0 Å². The van der Waals surface area contributed by atoms with E-state index in [1.807, 2.05) is 0 Å². The van der Waals surface area contributed by atoms with Gasteiger partial charge < -0.3 is 4.90 Å². The van der Waals surface area contributed by atoms with Gasteiger partial charge in [-0.3, -0.25) is 14.9 Å². The highest BCUT2D eigenvalue weighted by molar-refractivity contribution is 5.77. The zero-order valence-corrected chi connectivity index (χ0v) is 8.44. The maximum atomic E-state index is 11.3. The molecule has 5 heteroatoms. The Hall–Kier alpha value is -1.13. The van der Waals surface area contributed by atoms with E-state index in [1.165, 1.54) is 6.42 Å². The summed E-state index contributed by atoms with van der Waals surface area (Å²) in [7, 11) is 1.67. The van der Waals surface area contributed by atoms with Crippen LogP contribution in [0.4, 0.5) is 0 Å². The number of carbonyl (C=O) groups excluding carboxylic acids is 1. The van der Waals surface area contributed by atoms with Gasteiger partial charge in [0, 0.05) is 18.0 Å². The molecule has 0 aromatic rings. The van der Waals surface area contributed by atoms with Gasteiger partial charge in [-0.2, -0.15) is 0 Å². The van der Waals surface area contributed by atoms with E-state index < -0.39 is 11.5 Å². The van der Waals surface area contributed by atoms with Crippen LogP contribution >= 0.6 is 0 Å². The number of hydrogen-bond acceptors (Lipinski definition) is 3. The van der Waals surface area contributed by atoms with E-state index in [0.29, 0.717) is 0 Å². The van der Waals surface area contributed by atoms with Gasteiger partial charge >= 0.3 is 0 Å². The molecule has 0 heterocycles. The van der Waals surface area contributed by atoms with Crippen molar-refractivity contribution in [3.63, 3.8) is 0 Å². The predicted octanol–water partition coefficient (Wildman–Crippen LogP) is 1.05. The van der Waals surface area contributed by atoms with Gasteiger partial charge in [-0.05, 0) is 12.8 Å². The molecule has 0 N–H and O–H groups in total. The molecule has 0 atom stereocenters. The zero-order chi connectivity index (χ0) is 10.6. The van der Waals surface area contributed by atoms with Crippen LogP contribution in [0, 0.1) is 10.1 Å². The summed E-state index contributed by atoms with van der Waals surface area (Å²) in [4.78, 5) is 22.5. The van der Waals surface area contributed by atoms with E-state index in [-0.39, 0.29) is 11.9 Å². The molecule has 0 bridgehead atoms. The van der Waals surface area contributed by atoms with Crippen molar-refractivity contribution in [1.82, 2.24) is 4.90 Å². The summed E-state index contributed by atoms with van der Waals surface area (Å²) in [5, 5.41) is 10.2. The lowest BCUT2D eigenvalue weighted by Gasteiger charge is -2.30. The second kappa shape index (κ2) is 4.93. The fourth-order valence-electron chi connectivity index (χ4n) is 1.89. The molecule has 14 heavy (non-hydrogen) atoms. The summed E-state index contributed by atoms with van der Waals surface area (Å²) >= 11 is 0. The number of rotatable bonds is 3. The first-order chi connectivity index (χ1) is 6.61. The Morgan fingerprint density at radius 3 is 2.50 bits per heavy atom. The van der Waals surface area contributed by atoms with Gasteiger partial charge in [-0.25, -0.2) is 0 Å². The molecule has 1 saturated carbocycles. The fourth-order valence-corrected chi connectivity index (χ4v) is 1.89. The SMILES string of the molecule is CN(C(=O)C[N+](=O)[O-])C1CCCCC1. The van der Waals surface area contributed by atoms with Crippen LogP contribution in [0.2, 0.25) is 0 Å². The molecular weight excluding hydrogens is 184 g/mol. The molecule has 1 aliphatic rings. The first-order valence-electron chi connectivity index (χ1n) is 4.98. The average Bonchev–Trinajstić information content (AvgIpc) is 2.17. The first-order valence-corrected chi connectivity index (χ1v) is 4.98. The van der Waals surface area contributed by atoms with Crippen molar-refractivity contribution in [2.75, 3.05) is 13.6 Å². The lowest BCUT2D eigenvalue weighted by Crippen LogP contribution is -2.41. The molecule has 5 nitrogen and oxygen atoms in total. The van der Waals surface area contributed by atoms with Crippen LogP contribution in [0.5, 0.6) is 0 Å². The summed E-state index contributed by atoms with van der Waals surface area (Å²) in [6.45, 7) is -0.576. The molecule has 0 unspecified atom stereocenters. The van der Waals surface area contributed by atoms with E-state index >= 15 is 0 Å². The van der Waals surface area contributed by atoms with Gasteiger partial charge in [0.15, 0.2) is 0 Å². The van der Waals surface area contributed by atoms with Crippen LogP contribution in [-0.4, -0.2) is 35.4 Å². The highest BCUT2D eigenvalue weighted by Crippen LogP contribution is 2.21. The van der Waals surface area contributed by atoms with E-state index in [4.69, 9.17) is 0 Å². The normalized spacial score (nSPS) is 17.8. The van der Waals surface area contributed by atoms with Gasteiger partial charge in [0.2, 0.25) is 0 Å². The van der Waals surface area contributed by atoms with E-state index in [0.717, 1.165) is 25.7 Å². The predicted molar refractivity (Wildman–Crippen MR) is 51.5 cm³/mol. The Kier molecular flexibility index (Phi) is 3.85. The number of hydrogen-bond donors (Lipinski definition) is 0. The highest BCUT2D eigenvalue weighted by atomic mass is 16.6. The fraction of sp³-hybridized carbons (Fsp3) is 0.889. The Bertz CT molecular complexity index is 224. The molecule has 0 radical (unpaired) electrons. The van der Waals surface area contributed by atoms with Crippen LogP contribution in [0.15, 0.2) is 0 Å². The summed E-state index contributed by atoms with van der Waals surface area (Å²) in [5.41, 5.74) is 0. The Morgan fingerprint density at radius 1 is 1.43 bits per heavy atom. The molecule has 1 fully saturated rings. The Morgan fingerprint density at radius 2 is 2.00 bits per heavy atom. The average molecular weight is 200 g/mol. The number of nitro groups is 1. The monoisotopic (exact) mass is 200 g/mol. The minimum atomic E-state index is -0.576. The van der Waals surface area contributed by atoms with Crippen molar-refractivity contribution in [1.29, 1.82) is 0 Å². The molecule has 0 saturated heterocycles. The van der Waals surface area contributed by atoms with Gasteiger partial charge in [0.25, 0.3) is 12.5 Å². The molecule has 80 valence electrons. The minimum Gasteiger partial charge on any atom is -0.337 e. The van der Waals surface area contributed by atoms with Crippen LogP contribution < -0.4 is 0 Å². The number of carbonyl (C=O) groups is 1. The van der Waals surface area contributed by atoms with Crippen LogP contribution in [0.3, 0.4) is 0 Å². The topological polar surface area (TPSA) is 63.5 Å². The van der Waals surface area contributed by atoms with Gasteiger partial charge in [-0.1, -0.05) is 19.3 Å². The number of likely N-dealkylation sites (N-methyl/N-ethyl adjacent to an activating group) is 1. The molecule has 1 amide bonds. The largest absolute Gasteiger partial charge is 0.337 e. The number of nitrogens with zero attached hydrogens (tertiary/aromatic N) is 2. The van der Waals surface area contributed by atoms with Crippen molar-refractivity contribution >= 4 is 5.91 Å². The Labute approximate surface area is 83.2 Å². The lowest BCUT2D eigenvalue weighted by molar-refractivity contribution is -0.468. The molecular formula is C9H16N2O3. The first kappa shape index (κ1) is 10.9. The highest BCUT2D eigenvalue weighted by Gasteiger charge is 2.24. The van der Waals surface area contributed by atoms with Gasteiger partial charge in [0.1, 0.15) is 0 Å². The third-order valence-corrected chi connectivity index (χ3v) is 2.78. The summed E-state index contributed by atoms with van der Waals surface area (Å²) in [6, 6.07) is 0.219. The van der Waals surface area contributed by atoms with Crippen LogP contribution in [0.25, 0.3) is 0 Å². The molecule has 0 aliphatic heterocycles. The summed E-state index contributed by atoms with van der Waals surface area (Å²) in [6.07, 6.45) is 5.44. The lowest BCUT2D eigenvalue weighted by atomic mass is 9.94. The molecule has 0 aromatic carbocycles. The third-order valence-electron chi connectivity index (χ3n) is 2.78. The second-order valence-electron chi connectivity index (χ2n) is 3.79. The quantitative estimate of drug-likeness (QED) is 0.505. The number of amides is 1. The standard InChI is InChI=1S/C9H16N2O3/c1-10(9(12)7-11(13)14)8-5-3-2-4-6-8/h8H,2-7H2,1H3. The Balaban J connectivity index is 2.41. The van der Waals surface area contributed by atoms with Crippen molar-refractivity contribution in [2.24, 2.45) is 0 Å². The summed E-state index contributed by atoms with van der Waals surface area (Å²) in [5.74, 6) is -0.373. The smallest absolute Gasteiger partial charge is 0.294 e. The van der Waals surface area contributed by atoms with Crippen LogP contribution in [0.1, 0.15) is 32.1 Å². The maximum absolute atomic E-state index is 11.3. The van der Waals surface area contributed by atoms with E-state index in [2.05, 4.69) is 0 Å². The molecule has 1 aliphatic carbocycles. The molecule has 0 spiro atoms. The van der Waals surface area contributed by atoms with Crippen molar-refractivity contribution < 1.29 is 9.72 Å². The summed E-state index contributed by atoms with van der Waals surface area (Å²) < 4.78 is 0. The van der Waals surface area contributed by atoms with E-state index in [9.17, 15) is 14.9 Å². The maximum Gasteiger partial charge on any atom is 0.294 e. The van der Waals surface area contributed by atoms with Crippen molar-refractivity contribution in [2.45, 2.75) is 38.1 Å². The third kappa shape index (κ3) is 2.97. The molecule has 1 rings (SSSR count). The molecule has 0 aromatic heterocycles. The second-order valence-corrected chi connectivity index (χ2v) is 3.79. The van der Waals surface area contributed by atoms with Gasteiger partial charge in [0.05, 0.1) is 0 Å². The van der Waals surface area contributed by atoms with Crippen LogP contribution in [-0.2, 0) is 4.79 Å². The zero-order valence-electron chi connectivity index (χ0n) is 8.44. The van der Waals surface area contributed by atoms with Crippen molar-refractivity contribution in [3.05, 3.63) is 10.1 Å². The van der Waals surface area contributed by atoms with E-state index in [1.54, 1.807) is 11.9 Å².